The van der Waals surface area contributed by atoms with Crippen LogP contribution in [0.5, 0.6) is 5.75 Å². The Kier molecular flexibility index (Phi) is 5.47. The molecule has 3 aliphatic rings. The summed E-state index contributed by atoms with van der Waals surface area (Å²) in [6.45, 7) is 0. The first-order valence-electron chi connectivity index (χ1n) is 11.1. The molecular weight excluding hydrogens is 490 g/mol. The van der Waals surface area contributed by atoms with Gasteiger partial charge in [0.2, 0.25) is 5.91 Å². The minimum atomic E-state index is -2.98. The highest BCUT2D eigenvalue weighted by molar-refractivity contribution is 6.33. The lowest BCUT2D eigenvalue weighted by atomic mass is 9.51. The highest BCUT2D eigenvalue weighted by Gasteiger charge is 2.69. The summed E-state index contributed by atoms with van der Waals surface area (Å²) >= 11 is 6.11. The molecule has 2 aromatic carbocycles. The summed E-state index contributed by atoms with van der Waals surface area (Å²) in [4.78, 5) is 64.8. The molecule has 10 heteroatoms. The Hall–Kier alpha value is -3.66. The Morgan fingerprint density at radius 1 is 1.08 bits per heavy atom. The average Bonchev–Trinajstić information content (AvgIpc) is 2.81. The number of carbonyl (C=O) groups excluding carboxylic acids is 5. The number of aliphatic hydroxyl groups excluding tert-OH is 1. The van der Waals surface area contributed by atoms with Crippen molar-refractivity contribution in [3.63, 3.8) is 0 Å². The predicted octanol–water partition coefficient (Wildman–Crippen LogP) is 0.949. The summed E-state index contributed by atoms with van der Waals surface area (Å²) in [7, 11) is 0. The lowest BCUT2D eigenvalue weighted by Gasteiger charge is -2.51. The van der Waals surface area contributed by atoms with Crippen LogP contribution in [0.15, 0.2) is 42.5 Å². The van der Waals surface area contributed by atoms with E-state index in [1.807, 2.05) is 0 Å². The zero-order valence-electron chi connectivity index (χ0n) is 18.6. The Morgan fingerprint density at radius 3 is 2.44 bits per heavy atom. The molecule has 0 bridgehead atoms. The van der Waals surface area contributed by atoms with E-state index in [0.29, 0.717) is 10.6 Å². The smallest absolute Gasteiger partial charge is 0.235 e. The number of Topliss-reactive ketones (excluding diaryl/α,β-unsaturated/α-hetero) is 4. The van der Waals surface area contributed by atoms with Crippen molar-refractivity contribution in [1.82, 2.24) is 0 Å². The van der Waals surface area contributed by atoms with E-state index < -0.39 is 76.6 Å². The van der Waals surface area contributed by atoms with Crippen molar-refractivity contribution in [3.05, 3.63) is 64.2 Å². The van der Waals surface area contributed by atoms with E-state index in [2.05, 4.69) is 0 Å². The zero-order chi connectivity index (χ0) is 26.1. The molecule has 2 aromatic rings. The number of hydrogen-bond donors (Lipinski definition) is 4. The van der Waals surface area contributed by atoms with Gasteiger partial charge in [0.15, 0.2) is 34.7 Å². The molecule has 2 fully saturated rings. The second-order valence-corrected chi connectivity index (χ2v) is 9.76. The van der Waals surface area contributed by atoms with Gasteiger partial charge < -0.3 is 21.1 Å². The van der Waals surface area contributed by atoms with Crippen LogP contribution in [-0.4, -0.2) is 56.1 Å². The SMILES string of the molecule is NC(=O)C1C(=O)CC2C(O)C3C(=Cc4cccc(Cl)c4)c4cccc(O)c4C(=O)C3C(=O)C2(O)C1=O. The highest BCUT2D eigenvalue weighted by atomic mass is 35.5. The largest absolute Gasteiger partial charge is 0.507 e. The second-order valence-electron chi connectivity index (χ2n) is 9.32. The number of carbonyl (C=O) groups is 5. The maximum Gasteiger partial charge on any atom is 0.235 e. The summed E-state index contributed by atoms with van der Waals surface area (Å²) in [6.07, 6.45) is -0.782. The quantitative estimate of drug-likeness (QED) is 0.433. The summed E-state index contributed by atoms with van der Waals surface area (Å²) in [5.74, 6) is -13.0. The summed E-state index contributed by atoms with van der Waals surface area (Å²) < 4.78 is 0. The first-order valence-corrected chi connectivity index (χ1v) is 11.5. The maximum atomic E-state index is 13.7. The van der Waals surface area contributed by atoms with Gasteiger partial charge in [-0.15, -0.1) is 0 Å². The minimum Gasteiger partial charge on any atom is -0.507 e. The van der Waals surface area contributed by atoms with E-state index >= 15 is 0 Å². The Bertz CT molecular complexity index is 1410. The number of halogens is 1. The molecule has 5 N–H and O–H groups in total. The lowest BCUT2D eigenvalue weighted by Crippen LogP contribution is -2.72. The number of nitrogens with two attached hydrogens (primary N) is 1. The zero-order valence-corrected chi connectivity index (χ0v) is 19.3. The normalized spacial score (nSPS) is 32.6. The molecular formula is C26H20ClNO8. The third kappa shape index (κ3) is 3.20. The third-order valence-electron chi connectivity index (χ3n) is 7.41. The van der Waals surface area contributed by atoms with Crippen LogP contribution in [0.1, 0.15) is 27.9 Å². The van der Waals surface area contributed by atoms with Gasteiger partial charge >= 0.3 is 0 Å². The molecule has 36 heavy (non-hydrogen) atoms. The van der Waals surface area contributed by atoms with Gasteiger partial charge in [-0.3, -0.25) is 24.0 Å². The Labute approximate surface area is 209 Å². The molecule has 0 spiro atoms. The van der Waals surface area contributed by atoms with Crippen molar-refractivity contribution in [3.8, 4) is 5.75 Å². The number of aromatic hydroxyl groups is 1. The molecule has 6 atom stereocenters. The fourth-order valence-electron chi connectivity index (χ4n) is 5.81. The van der Waals surface area contributed by atoms with Crippen molar-refractivity contribution in [2.24, 2.45) is 29.4 Å². The number of ketones is 4. The molecule has 1 amide bonds. The van der Waals surface area contributed by atoms with Gasteiger partial charge in [0, 0.05) is 23.3 Å². The fourth-order valence-corrected chi connectivity index (χ4v) is 6.01. The van der Waals surface area contributed by atoms with Crippen molar-refractivity contribution >= 4 is 52.3 Å². The van der Waals surface area contributed by atoms with Gasteiger partial charge in [0.1, 0.15) is 5.75 Å². The number of phenolic OH excluding ortho intramolecular Hbond substituents is 1. The van der Waals surface area contributed by atoms with Crippen molar-refractivity contribution in [2.75, 3.05) is 0 Å². The highest BCUT2D eigenvalue weighted by Crippen LogP contribution is 2.54. The number of rotatable bonds is 2. The molecule has 6 unspecified atom stereocenters. The molecule has 0 heterocycles. The summed E-state index contributed by atoms with van der Waals surface area (Å²) in [5.41, 5.74) is 3.10. The van der Waals surface area contributed by atoms with Crippen LogP contribution in [0.25, 0.3) is 11.6 Å². The van der Waals surface area contributed by atoms with Crippen LogP contribution in [0.2, 0.25) is 5.02 Å². The van der Waals surface area contributed by atoms with Crippen molar-refractivity contribution < 1.29 is 39.3 Å². The van der Waals surface area contributed by atoms with E-state index in [1.165, 1.54) is 18.2 Å². The van der Waals surface area contributed by atoms with Crippen LogP contribution in [0, 0.1) is 23.7 Å². The van der Waals surface area contributed by atoms with E-state index in [-0.39, 0.29) is 16.7 Å². The standard InChI is InChI=1S/C26H20ClNO8/c27-11-4-1-3-10(7-11)8-13-12-5-2-6-15(29)17(12)22(32)20-18(13)21(31)14-9-16(30)19(25(28)35)23(33)26(14,36)24(20)34/h1-8,14,18-21,29,31,36H,9H2,(H2,28,35). The van der Waals surface area contributed by atoms with Gasteiger partial charge in [-0.2, -0.15) is 0 Å². The van der Waals surface area contributed by atoms with E-state index in [0.717, 1.165) is 0 Å². The number of hydrogen-bond acceptors (Lipinski definition) is 8. The number of benzene rings is 2. The maximum absolute atomic E-state index is 13.7. The molecule has 0 aliphatic heterocycles. The molecule has 0 aromatic heterocycles. The molecule has 9 nitrogen and oxygen atoms in total. The molecule has 0 radical (unpaired) electrons. The monoisotopic (exact) mass is 509 g/mol. The van der Waals surface area contributed by atoms with Gasteiger partial charge in [-0.25, -0.2) is 0 Å². The van der Waals surface area contributed by atoms with Gasteiger partial charge in [0.25, 0.3) is 0 Å². The number of primary amides is 1. The minimum absolute atomic E-state index is 0.208. The molecule has 2 saturated carbocycles. The van der Waals surface area contributed by atoms with Gasteiger partial charge in [-0.1, -0.05) is 41.9 Å². The first kappa shape index (κ1) is 24.1. The van der Waals surface area contributed by atoms with Crippen molar-refractivity contribution in [2.45, 2.75) is 18.1 Å². The van der Waals surface area contributed by atoms with Crippen LogP contribution in [0.3, 0.4) is 0 Å². The van der Waals surface area contributed by atoms with Gasteiger partial charge in [0.05, 0.1) is 17.6 Å². The molecule has 5 rings (SSSR count). The number of aliphatic hydroxyl groups is 2. The van der Waals surface area contributed by atoms with Crippen molar-refractivity contribution in [1.29, 1.82) is 0 Å². The number of fused-ring (bicyclic) bond motifs is 3. The second kappa shape index (κ2) is 8.19. The number of phenols is 1. The molecule has 3 aliphatic carbocycles. The predicted molar refractivity (Wildman–Crippen MR) is 126 cm³/mol. The Balaban J connectivity index is 1.75. The average molecular weight is 510 g/mol. The summed E-state index contributed by atoms with van der Waals surface area (Å²) in [6, 6.07) is 10.9. The number of amides is 1. The Morgan fingerprint density at radius 2 is 1.78 bits per heavy atom. The summed E-state index contributed by atoms with van der Waals surface area (Å²) in [5, 5.41) is 33.7. The molecule has 184 valence electrons. The molecule has 0 saturated heterocycles. The van der Waals surface area contributed by atoms with E-state index in [9.17, 15) is 39.3 Å². The van der Waals surface area contributed by atoms with Gasteiger partial charge in [-0.05, 0) is 34.9 Å². The van der Waals surface area contributed by atoms with Crippen LogP contribution in [-0.2, 0) is 19.2 Å². The van der Waals surface area contributed by atoms with Crippen LogP contribution >= 0.6 is 11.6 Å². The topological polar surface area (TPSA) is 172 Å². The van der Waals surface area contributed by atoms with E-state index in [1.54, 1.807) is 30.3 Å². The lowest BCUT2D eigenvalue weighted by molar-refractivity contribution is -0.185. The fraction of sp³-hybridized carbons (Fsp3) is 0.269. The van der Waals surface area contributed by atoms with Crippen LogP contribution < -0.4 is 5.73 Å². The third-order valence-corrected chi connectivity index (χ3v) is 7.65. The first-order chi connectivity index (χ1) is 17.0. The van der Waals surface area contributed by atoms with Crippen LogP contribution in [0.4, 0.5) is 0 Å². The van der Waals surface area contributed by atoms with E-state index in [4.69, 9.17) is 17.3 Å².